The van der Waals surface area contributed by atoms with E-state index < -0.39 is 0 Å². The van der Waals surface area contributed by atoms with Crippen molar-refractivity contribution >= 4 is 0 Å². The van der Waals surface area contributed by atoms with Gasteiger partial charge in [-0.3, -0.25) is 5.11 Å². The first kappa shape index (κ1) is 13.0. The molecule has 0 atom stereocenters. The molecule has 0 aliphatic heterocycles. The summed E-state index contributed by atoms with van der Waals surface area (Å²) >= 11 is 0. The first-order valence-corrected chi connectivity index (χ1v) is 7.37. The lowest BCUT2D eigenvalue weighted by Gasteiger charge is -2.24. The maximum absolute atomic E-state index is 12.2. The molecule has 0 amide bonds. The smallest absolute Gasteiger partial charge is 0.185 e. The van der Waals surface area contributed by atoms with Crippen molar-refractivity contribution in [1.82, 2.24) is 0 Å². The van der Waals surface area contributed by atoms with Gasteiger partial charge in [-0.25, -0.2) is 0 Å². The van der Waals surface area contributed by atoms with Gasteiger partial charge in [0.2, 0.25) is 0 Å². The second-order valence-corrected chi connectivity index (χ2v) is 5.42. The molecule has 1 fully saturated rings. The van der Waals surface area contributed by atoms with E-state index in [4.69, 9.17) is 4.74 Å². The van der Waals surface area contributed by atoms with E-state index in [2.05, 4.69) is 0 Å². The van der Waals surface area contributed by atoms with Gasteiger partial charge in [0.25, 0.3) is 0 Å². The SMILES string of the molecule is [O]c1cccc(Oc2ccccc2)c1C1CCCCC1. The maximum atomic E-state index is 12.2. The summed E-state index contributed by atoms with van der Waals surface area (Å²) in [5, 5.41) is 12.2. The minimum atomic E-state index is 0.116. The number of hydrogen-bond donors (Lipinski definition) is 0. The van der Waals surface area contributed by atoms with Crippen molar-refractivity contribution in [1.29, 1.82) is 0 Å². The van der Waals surface area contributed by atoms with Gasteiger partial charge in [-0.05, 0) is 43.0 Å². The largest absolute Gasteiger partial charge is 0.457 e. The van der Waals surface area contributed by atoms with Crippen LogP contribution in [0.15, 0.2) is 48.5 Å². The fourth-order valence-electron chi connectivity index (χ4n) is 3.02. The summed E-state index contributed by atoms with van der Waals surface area (Å²) in [6.45, 7) is 0. The van der Waals surface area contributed by atoms with E-state index in [-0.39, 0.29) is 5.75 Å². The number of ether oxygens (including phenoxy) is 1. The second-order valence-electron chi connectivity index (χ2n) is 5.42. The van der Waals surface area contributed by atoms with E-state index in [9.17, 15) is 5.11 Å². The molecule has 1 aliphatic carbocycles. The Morgan fingerprint density at radius 1 is 0.850 bits per heavy atom. The molecule has 0 saturated heterocycles. The Bertz CT molecular complexity index is 557. The topological polar surface area (TPSA) is 29.1 Å². The molecule has 103 valence electrons. The zero-order chi connectivity index (χ0) is 13.8. The van der Waals surface area contributed by atoms with E-state index in [0.29, 0.717) is 5.92 Å². The van der Waals surface area contributed by atoms with Crippen LogP contribution in [0.25, 0.3) is 0 Å². The quantitative estimate of drug-likeness (QED) is 0.704. The summed E-state index contributed by atoms with van der Waals surface area (Å²) in [6.07, 6.45) is 5.91. The van der Waals surface area contributed by atoms with Gasteiger partial charge < -0.3 is 4.74 Å². The summed E-state index contributed by atoms with van der Waals surface area (Å²) in [4.78, 5) is 0. The molecule has 0 spiro atoms. The molecule has 2 heteroatoms. The van der Waals surface area contributed by atoms with Gasteiger partial charge in [0.1, 0.15) is 11.5 Å². The van der Waals surface area contributed by atoms with Crippen LogP contribution in [0.5, 0.6) is 17.2 Å². The highest BCUT2D eigenvalue weighted by Gasteiger charge is 2.23. The highest BCUT2D eigenvalue weighted by Crippen LogP contribution is 2.43. The zero-order valence-corrected chi connectivity index (χ0v) is 11.5. The van der Waals surface area contributed by atoms with Crippen molar-refractivity contribution in [3.8, 4) is 17.2 Å². The molecule has 3 rings (SSSR count). The number of benzene rings is 2. The van der Waals surface area contributed by atoms with E-state index in [0.717, 1.165) is 29.9 Å². The monoisotopic (exact) mass is 267 g/mol. The number of hydrogen-bond acceptors (Lipinski definition) is 1. The molecule has 1 radical (unpaired) electrons. The van der Waals surface area contributed by atoms with Gasteiger partial charge in [0.15, 0.2) is 5.75 Å². The summed E-state index contributed by atoms with van der Waals surface area (Å²) < 4.78 is 5.94. The highest BCUT2D eigenvalue weighted by atomic mass is 16.5. The predicted octanol–water partition coefficient (Wildman–Crippen LogP) is 5.67. The van der Waals surface area contributed by atoms with Crippen LogP contribution in [0.1, 0.15) is 43.6 Å². The van der Waals surface area contributed by atoms with E-state index in [1.165, 1.54) is 19.3 Å². The zero-order valence-electron chi connectivity index (χ0n) is 11.5. The van der Waals surface area contributed by atoms with Gasteiger partial charge >= 0.3 is 0 Å². The summed E-state index contributed by atoms with van der Waals surface area (Å²) in [6, 6.07) is 15.0. The van der Waals surface area contributed by atoms with E-state index in [1.807, 2.05) is 36.4 Å². The minimum absolute atomic E-state index is 0.116. The third kappa shape index (κ3) is 2.79. The van der Waals surface area contributed by atoms with Crippen LogP contribution in [-0.4, -0.2) is 0 Å². The molecular weight excluding hydrogens is 248 g/mol. The highest BCUT2D eigenvalue weighted by molar-refractivity contribution is 5.48. The number of rotatable bonds is 3. The lowest BCUT2D eigenvalue weighted by atomic mass is 9.83. The second kappa shape index (κ2) is 6.00. The molecular formula is C18H19O2. The Morgan fingerprint density at radius 2 is 1.60 bits per heavy atom. The van der Waals surface area contributed by atoms with Crippen LogP contribution in [0.3, 0.4) is 0 Å². The molecule has 0 unspecified atom stereocenters. The third-order valence-corrected chi connectivity index (χ3v) is 4.01. The molecule has 2 aromatic carbocycles. The van der Waals surface area contributed by atoms with Crippen LogP contribution in [-0.2, 0) is 5.11 Å². The van der Waals surface area contributed by atoms with Crippen LogP contribution in [0, 0.1) is 0 Å². The third-order valence-electron chi connectivity index (χ3n) is 4.01. The molecule has 2 aromatic rings. The lowest BCUT2D eigenvalue weighted by molar-refractivity contribution is 0.331. The van der Waals surface area contributed by atoms with Crippen LogP contribution < -0.4 is 4.74 Å². The molecule has 1 saturated carbocycles. The van der Waals surface area contributed by atoms with Crippen molar-refractivity contribution < 1.29 is 9.84 Å². The first-order chi connectivity index (χ1) is 9.84. The van der Waals surface area contributed by atoms with Gasteiger partial charge in [0, 0.05) is 5.56 Å². The molecule has 0 bridgehead atoms. The molecule has 0 N–H and O–H groups in total. The van der Waals surface area contributed by atoms with Crippen molar-refractivity contribution in [2.45, 2.75) is 38.0 Å². The van der Waals surface area contributed by atoms with Crippen LogP contribution in [0.2, 0.25) is 0 Å². The maximum Gasteiger partial charge on any atom is 0.185 e. The normalized spacial score (nSPS) is 16.0. The molecule has 1 aliphatic rings. The van der Waals surface area contributed by atoms with Crippen molar-refractivity contribution in [3.05, 3.63) is 54.1 Å². The van der Waals surface area contributed by atoms with Crippen molar-refractivity contribution in [3.63, 3.8) is 0 Å². The predicted molar refractivity (Wildman–Crippen MR) is 78.9 cm³/mol. The average Bonchev–Trinajstić information content (AvgIpc) is 2.49. The molecule has 0 heterocycles. The van der Waals surface area contributed by atoms with Crippen molar-refractivity contribution in [2.24, 2.45) is 0 Å². The number of para-hydroxylation sites is 1. The Kier molecular flexibility index (Phi) is 3.91. The Labute approximate surface area is 120 Å². The van der Waals surface area contributed by atoms with Gasteiger partial charge in [-0.15, -0.1) is 0 Å². The Balaban J connectivity index is 1.92. The van der Waals surface area contributed by atoms with E-state index in [1.54, 1.807) is 12.1 Å². The van der Waals surface area contributed by atoms with Crippen LogP contribution >= 0.6 is 0 Å². The summed E-state index contributed by atoms with van der Waals surface area (Å²) in [5.41, 5.74) is 0.871. The summed E-state index contributed by atoms with van der Waals surface area (Å²) in [7, 11) is 0. The first-order valence-electron chi connectivity index (χ1n) is 7.37. The standard InChI is InChI=1S/C18H19O2/c19-16-12-7-13-17(20-15-10-5-2-6-11-15)18(16)14-8-3-1-4-9-14/h2,5-7,10-14H,1,3-4,8-9H2. The fourth-order valence-corrected chi connectivity index (χ4v) is 3.02. The molecule has 20 heavy (non-hydrogen) atoms. The minimum Gasteiger partial charge on any atom is -0.457 e. The average molecular weight is 267 g/mol. The van der Waals surface area contributed by atoms with Crippen LogP contribution in [0.4, 0.5) is 0 Å². The van der Waals surface area contributed by atoms with Gasteiger partial charge in [-0.1, -0.05) is 43.5 Å². The van der Waals surface area contributed by atoms with Crippen molar-refractivity contribution in [2.75, 3.05) is 0 Å². The van der Waals surface area contributed by atoms with Gasteiger partial charge in [0.05, 0.1) is 0 Å². The molecule has 2 nitrogen and oxygen atoms in total. The Morgan fingerprint density at radius 3 is 2.35 bits per heavy atom. The van der Waals surface area contributed by atoms with Gasteiger partial charge in [-0.2, -0.15) is 0 Å². The Hall–Kier alpha value is -1.96. The lowest BCUT2D eigenvalue weighted by Crippen LogP contribution is -2.06. The van der Waals surface area contributed by atoms with E-state index >= 15 is 0 Å². The molecule has 0 aromatic heterocycles. The fraction of sp³-hybridized carbons (Fsp3) is 0.333. The summed E-state index contributed by atoms with van der Waals surface area (Å²) in [5.74, 6) is 1.99.